The largest absolute Gasteiger partial charge is 0.427 e. The van der Waals surface area contributed by atoms with Crippen LogP contribution in [0.1, 0.15) is 16.5 Å². The molecule has 2 heterocycles. The molecule has 1 atom stereocenters. The van der Waals surface area contributed by atoms with Crippen LogP contribution in [0.4, 0.5) is 18.3 Å². The summed E-state index contributed by atoms with van der Waals surface area (Å²) < 4.78 is 43.4. The number of rotatable bonds is 5. The SMILES string of the molecule is FC(F)(F)c1cnc(NCC(c2ccccc2)N2CCOCC2)s1. The van der Waals surface area contributed by atoms with E-state index in [0.717, 1.165) is 24.8 Å². The Morgan fingerprint density at radius 1 is 1.21 bits per heavy atom. The highest BCUT2D eigenvalue weighted by molar-refractivity contribution is 7.15. The fourth-order valence-electron chi connectivity index (χ4n) is 2.69. The number of ether oxygens (including phenoxy) is 1. The molecule has 0 radical (unpaired) electrons. The molecule has 1 saturated heterocycles. The third-order valence-corrected chi connectivity index (χ3v) is 4.90. The molecule has 0 amide bonds. The van der Waals surface area contributed by atoms with Crippen LogP contribution in [-0.4, -0.2) is 42.7 Å². The summed E-state index contributed by atoms with van der Waals surface area (Å²) in [5.74, 6) is 0. The van der Waals surface area contributed by atoms with E-state index >= 15 is 0 Å². The van der Waals surface area contributed by atoms with E-state index < -0.39 is 11.1 Å². The fourth-order valence-corrected chi connectivity index (χ4v) is 3.38. The Hall–Kier alpha value is -1.64. The summed E-state index contributed by atoms with van der Waals surface area (Å²) >= 11 is 0.633. The van der Waals surface area contributed by atoms with Gasteiger partial charge >= 0.3 is 6.18 Å². The first-order valence-corrected chi connectivity index (χ1v) is 8.49. The van der Waals surface area contributed by atoms with Gasteiger partial charge < -0.3 is 10.1 Å². The molecule has 0 spiro atoms. The molecule has 1 aromatic heterocycles. The maximum atomic E-state index is 12.7. The average molecular weight is 357 g/mol. The highest BCUT2D eigenvalue weighted by Gasteiger charge is 2.33. The van der Waals surface area contributed by atoms with Crippen molar-refractivity contribution in [2.24, 2.45) is 0 Å². The van der Waals surface area contributed by atoms with Crippen molar-refractivity contribution in [1.29, 1.82) is 0 Å². The van der Waals surface area contributed by atoms with E-state index in [1.807, 2.05) is 30.3 Å². The molecule has 0 saturated carbocycles. The summed E-state index contributed by atoms with van der Waals surface area (Å²) in [7, 11) is 0. The lowest BCUT2D eigenvalue weighted by atomic mass is 10.0. The predicted octanol–water partition coefficient (Wildman–Crippen LogP) is 3.65. The van der Waals surface area contributed by atoms with E-state index in [1.165, 1.54) is 0 Å². The molecule has 1 aliphatic rings. The van der Waals surface area contributed by atoms with Crippen molar-refractivity contribution in [2.45, 2.75) is 12.2 Å². The molecule has 1 aromatic carbocycles. The molecule has 0 bridgehead atoms. The van der Waals surface area contributed by atoms with Gasteiger partial charge in [-0.25, -0.2) is 4.98 Å². The Morgan fingerprint density at radius 2 is 1.92 bits per heavy atom. The molecule has 2 aromatic rings. The number of hydrogen-bond acceptors (Lipinski definition) is 5. The number of aromatic nitrogens is 1. The number of nitrogens with one attached hydrogen (secondary N) is 1. The maximum Gasteiger partial charge on any atom is 0.427 e. The fraction of sp³-hybridized carbons (Fsp3) is 0.438. The molecule has 4 nitrogen and oxygen atoms in total. The van der Waals surface area contributed by atoms with Crippen molar-refractivity contribution in [2.75, 3.05) is 38.2 Å². The lowest BCUT2D eigenvalue weighted by Gasteiger charge is -2.34. The minimum Gasteiger partial charge on any atom is -0.379 e. The minimum absolute atomic E-state index is 0.0633. The zero-order valence-electron chi connectivity index (χ0n) is 12.9. The Kier molecular flexibility index (Phi) is 5.37. The zero-order chi connectivity index (χ0) is 17.0. The van der Waals surface area contributed by atoms with Crippen molar-refractivity contribution in [1.82, 2.24) is 9.88 Å². The first kappa shape index (κ1) is 17.2. The number of hydrogen-bond donors (Lipinski definition) is 1. The van der Waals surface area contributed by atoms with Gasteiger partial charge in [0, 0.05) is 19.6 Å². The van der Waals surface area contributed by atoms with E-state index in [9.17, 15) is 13.2 Å². The summed E-state index contributed by atoms with van der Waals surface area (Å²) in [5.41, 5.74) is 1.12. The van der Waals surface area contributed by atoms with Gasteiger partial charge in [0.2, 0.25) is 0 Å². The second kappa shape index (κ2) is 7.50. The van der Waals surface area contributed by atoms with Gasteiger partial charge in [-0.15, -0.1) is 0 Å². The number of nitrogens with zero attached hydrogens (tertiary/aromatic N) is 2. The third kappa shape index (κ3) is 4.25. The number of alkyl halides is 3. The summed E-state index contributed by atoms with van der Waals surface area (Å²) in [6.07, 6.45) is -3.47. The monoisotopic (exact) mass is 357 g/mol. The second-order valence-corrected chi connectivity index (χ2v) is 6.51. The van der Waals surface area contributed by atoms with Gasteiger partial charge in [-0.05, 0) is 5.56 Å². The van der Waals surface area contributed by atoms with Crippen LogP contribution >= 0.6 is 11.3 Å². The Morgan fingerprint density at radius 3 is 2.54 bits per heavy atom. The quantitative estimate of drug-likeness (QED) is 0.886. The molecule has 0 aliphatic carbocycles. The topological polar surface area (TPSA) is 37.4 Å². The highest BCUT2D eigenvalue weighted by Crippen LogP contribution is 2.35. The molecule has 1 N–H and O–H groups in total. The van der Waals surface area contributed by atoms with E-state index in [0.29, 0.717) is 31.1 Å². The van der Waals surface area contributed by atoms with E-state index in [2.05, 4.69) is 15.2 Å². The lowest BCUT2D eigenvalue weighted by molar-refractivity contribution is -0.134. The molecule has 1 aliphatic heterocycles. The van der Waals surface area contributed by atoms with Crippen molar-refractivity contribution < 1.29 is 17.9 Å². The minimum atomic E-state index is -4.35. The summed E-state index contributed by atoms with van der Waals surface area (Å²) in [6.45, 7) is 3.42. The Labute approximate surface area is 142 Å². The van der Waals surface area contributed by atoms with Crippen LogP contribution in [0.3, 0.4) is 0 Å². The maximum absolute atomic E-state index is 12.7. The van der Waals surface area contributed by atoms with Crippen LogP contribution < -0.4 is 5.32 Å². The van der Waals surface area contributed by atoms with Crippen molar-refractivity contribution in [3.63, 3.8) is 0 Å². The number of morpholine rings is 1. The second-order valence-electron chi connectivity index (χ2n) is 5.48. The lowest BCUT2D eigenvalue weighted by Crippen LogP contribution is -2.41. The molecule has 24 heavy (non-hydrogen) atoms. The molecule has 1 unspecified atom stereocenters. The Balaban J connectivity index is 1.71. The standard InChI is InChI=1S/C16H18F3N3OS/c17-16(18,19)14-11-21-15(24-14)20-10-13(12-4-2-1-3-5-12)22-6-8-23-9-7-22/h1-5,11,13H,6-10H2,(H,20,21). The van der Waals surface area contributed by atoms with Gasteiger partial charge in [0.25, 0.3) is 0 Å². The van der Waals surface area contributed by atoms with E-state index in [4.69, 9.17) is 4.74 Å². The number of thiazole rings is 1. The third-order valence-electron chi connectivity index (χ3n) is 3.90. The van der Waals surface area contributed by atoms with Gasteiger partial charge in [-0.3, -0.25) is 4.90 Å². The predicted molar refractivity (Wildman–Crippen MR) is 87.2 cm³/mol. The summed E-state index contributed by atoms with van der Waals surface area (Å²) in [5, 5.41) is 3.35. The normalized spacial score (nSPS) is 17.6. The summed E-state index contributed by atoms with van der Waals surface area (Å²) in [4.78, 5) is 5.43. The van der Waals surface area contributed by atoms with Crippen LogP contribution in [0.5, 0.6) is 0 Å². The smallest absolute Gasteiger partial charge is 0.379 e. The van der Waals surface area contributed by atoms with Crippen molar-refractivity contribution in [3.8, 4) is 0 Å². The molecular formula is C16H18F3N3OS. The first-order valence-electron chi connectivity index (χ1n) is 7.67. The van der Waals surface area contributed by atoms with Crippen LogP contribution in [0.25, 0.3) is 0 Å². The van der Waals surface area contributed by atoms with Crippen LogP contribution in [-0.2, 0) is 10.9 Å². The number of halogens is 3. The summed E-state index contributed by atoms with van der Waals surface area (Å²) in [6, 6.07) is 10.0. The average Bonchev–Trinajstić information content (AvgIpc) is 3.06. The molecular weight excluding hydrogens is 339 g/mol. The molecule has 3 rings (SSSR count). The van der Waals surface area contributed by atoms with Gasteiger partial charge in [0.1, 0.15) is 4.88 Å². The van der Waals surface area contributed by atoms with Crippen LogP contribution in [0.15, 0.2) is 36.5 Å². The highest BCUT2D eigenvalue weighted by atomic mass is 32.1. The van der Waals surface area contributed by atoms with Gasteiger partial charge in [0.15, 0.2) is 5.13 Å². The van der Waals surface area contributed by atoms with Crippen LogP contribution in [0.2, 0.25) is 0 Å². The van der Waals surface area contributed by atoms with Gasteiger partial charge in [-0.1, -0.05) is 41.7 Å². The zero-order valence-corrected chi connectivity index (χ0v) is 13.7. The molecule has 1 fully saturated rings. The number of benzene rings is 1. The first-order chi connectivity index (χ1) is 11.5. The van der Waals surface area contributed by atoms with E-state index in [-0.39, 0.29) is 11.2 Å². The molecule has 130 valence electrons. The number of anilines is 1. The van der Waals surface area contributed by atoms with Crippen molar-refractivity contribution >= 4 is 16.5 Å². The van der Waals surface area contributed by atoms with Gasteiger partial charge in [-0.2, -0.15) is 13.2 Å². The molecule has 8 heteroatoms. The van der Waals surface area contributed by atoms with Crippen molar-refractivity contribution in [3.05, 3.63) is 47.0 Å². The van der Waals surface area contributed by atoms with Gasteiger partial charge in [0.05, 0.1) is 25.5 Å². The Bertz CT molecular complexity index is 642. The van der Waals surface area contributed by atoms with Crippen LogP contribution in [0, 0.1) is 0 Å². The van der Waals surface area contributed by atoms with E-state index in [1.54, 1.807) is 0 Å².